The normalized spacial score (nSPS) is 10.3. The zero-order valence-corrected chi connectivity index (χ0v) is 9.87. The molecular formula is C13H12N2O3. The molecule has 18 heavy (non-hydrogen) atoms. The topological polar surface area (TPSA) is 65.1 Å². The lowest BCUT2D eigenvalue weighted by Crippen LogP contribution is -2.19. The first-order valence-corrected chi connectivity index (χ1v) is 5.47. The van der Waals surface area contributed by atoms with Crippen LogP contribution < -0.4 is 5.56 Å². The highest BCUT2D eigenvalue weighted by molar-refractivity contribution is 5.39. The smallest absolute Gasteiger partial charge is 0.274 e. The summed E-state index contributed by atoms with van der Waals surface area (Å²) in [7, 11) is 0. The van der Waals surface area contributed by atoms with Crippen molar-refractivity contribution in [2.24, 2.45) is 0 Å². The van der Waals surface area contributed by atoms with E-state index in [1.165, 1.54) is 16.7 Å². The van der Waals surface area contributed by atoms with Crippen LogP contribution in [0.2, 0.25) is 0 Å². The predicted octanol–water partition coefficient (Wildman–Crippen LogP) is 2.11. The van der Waals surface area contributed by atoms with E-state index in [1.807, 2.05) is 6.92 Å². The number of rotatable bonds is 3. The summed E-state index contributed by atoms with van der Waals surface area (Å²) >= 11 is 0. The summed E-state index contributed by atoms with van der Waals surface area (Å²) in [4.78, 5) is 22.1. The molecule has 0 bridgehead atoms. The second-order valence-corrected chi connectivity index (χ2v) is 4.06. The van der Waals surface area contributed by atoms with Crippen LogP contribution in [-0.4, -0.2) is 9.49 Å². The van der Waals surface area contributed by atoms with Gasteiger partial charge in [0, 0.05) is 23.9 Å². The molecule has 0 aliphatic heterocycles. The van der Waals surface area contributed by atoms with Crippen LogP contribution in [0, 0.1) is 17.0 Å². The molecule has 0 radical (unpaired) electrons. The van der Waals surface area contributed by atoms with Crippen molar-refractivity contribution >= 4 is 5.69 Å². The third-order valence-electron chi connectivity index (χ3n) is 2.66. The van der Waals surface area contributed by atoms with Gasteiger partial charge in [-0.1, -0.05) is 24.3 Å². The minimum absolute atomic E-state index is 0.0332. The van der Waals surface area contributed by atoms with Crippen LogP contribution in [-0.2, 0) is 6.54 Å². The SMILES string of the molecule is Cc1ccc(=O)n(Cc2ccccc2[N+](=O)[O-])c1. The maximum absolute atomic E-state index is 11.7. The molecule has 0 unspecified atom stereocenters. The minimum atomic E-state index is -0.434. The molecule has 1 aromatic heterocycles. The number of aryl methyl sites for hydroxylation is 1. The summed E-state index contributed by atoms with van der Waals surface area (Å²) in [5, 5.41) is 10.9. The molecule has 1 aromatic carbocycles. The Morgan fingerprint density at radius 3 is 2.67 bits per heavy atom. The van der Waals surface area contributed by atoms with Gasteiger partial charge in [-0.2, -0.15) is 0 Å². The van der Waals surface area contributed by atoms with Crippen molar-refractivity contribution < 1.29 is 4.92 Å². The summed E-state index contributed by atoms with van der Waals surface area (Å²) in [5.74, 6) is 0. The number of aromatic nitrogens is 1. The Labute approximate surface area is 103 Å². The number of hydrogen-bond acceptors (Lipinski definition) is 3. The average molecular weight is 244 g/mol. The highest BCUT2D eigenvalue weighted by Gasteiger charge is 2.12. The van der Waals surface area contributed by atoms with Gasteiger partial charge >= 0.3 is 0 Å². The molecule has 0 amide bonds. The van der Waals surface area contributed by atoms with E-state index in [0.717, 1.165) is 5.56 Å². The molecule has 1 heterocycles. The Morgan fingerprint density at radius 1 is 1.22 bits per heavy atom. The van der Waals surface area contributed by atoms with E-state index < -0.39 is 4.92 Å². The first-order valence-electron chi connectivity index (χ1n) is 5.47. The molecule has 5 nitrogen and oxygen atoms in total. The molecule has 0 aliphatic rings. The molecule has 5 heteroatoms. The molecular weight excluding hydrogens is 232 g/mol. The molecule has 0 saturated carbocycles. The summed E-state index contributed by atoms with van der Waals surface area (Å²) in [6.45, 7) is 2.08. The van der Waals surface area contributed by atoms with Gasteiger partial charge in [0.15, 0.2) is 0 Å². The van der Waals surface area contributed by atoms with E-state index in [-0.39, 0.29) is 17.8 Å². The molecule has 2 aromatic rings. The zero-order chi connectivity index (χ0) is 13.1. The predicted molar refractivity (Wildman–Crippen MR) is 67.6 cm³/mol. The number of nitro benzene ring substituents is 1. The number of para-hydroxylation sites is 1. The third-order valence-corrected chi connectivity index (χ3v) is 2.66. The van der Waals surface area contributed by atoms with Crippen molar-refractivity contribution in [2.45, 2.75) is 13.5 Å². The first-order chi connectivity index (χ1) is 8.58. The van der Waals surface area contributed by atoms with E-state index >= 15 is 0 Å². The van der Waals surface area contributed by atoms with Crippen LogP contribution >= 0.6 is 0 Å². The Kier molecular flexibility index (Phi) is 3.23. The molecule has 0 spiro atoms. The summed E-state index contributed by atoms with van der Waals surface area (Å²) in [6, 6.07) is 9.62. The molecule has 92 valence electrons. The van der Waals surface area contributed by atoms with Gasteiger partial charge in [0.05, 0.1) is 11.5 Å². The van der Waals surface area contributed by atoms with Crippen LogP contribution in [0.3, 0.4) is 0 Å². The monoisotopic (exact) mass is 244 g/mol. The average Bonchev–Trinajstić information content (AvgIpc) is 2.34. The fraction of sp³-hybridized carbons (Fsp3) is 0.154. The molecule has 0 N–H and O–H groups in total. The Bertz CT molecular complexity index is 647. The zero-order valence-electron chi connectivity index (χ0n) is 9.87. The van der Waals surface area contributed by atoms with Crippen molar-refractivity contribution in [1.82, 2.24) is 4.57 Å². The number of benzene rings is 1. The maximum atomic E-state index is 11.7. The van der Waals surface area contributed by atoms with Gasteiger partial charge in [-0.15, -0.1) is 0 Å². The highest BCUT2D eigenvalue weighted by Crippen LogP contribution is 2.18. The van der Waals surface area contributed by atoms with Crippen molar-refractivity contribution in [1.29, 1.82) is 0 Å². The van der Waals surface area contributed by atoms with E-state index in [1.54, 1.807) is 30.5 Å². The quantitative estimate of drug-likeness (QED) is 0.613. The third kappa shape index (κ3) is 2.45. The number of pyridine rings is 1. The van der Waals surface area contributed by atoms with Gasteiger partial charge in [-0.25, -0.2) is 0 Å². The summed E-state index contributed by atoms with van der Waals surface area (Å²) in [5.41, 5.74) is 1.33. The van der Waals surface area contributed by atoms with E-state index in [9.17, 15) is 14.9 Å². The molecule has 0 fully saturated rings. The van der Waals surface area contributed by atoms with Crippen molar-refractivity contribution in [2.75, 3.05) is 0 Å². The number of hydrogen-bond donors (Lipinski definition) is 0. The van der Waals surface area contributed by atoms with Crippen molar-refractivity contribution in [3.05, 3.63) is 74.2 Å². The van der Waals surface area contributed by atoms with Crippen LogP contribution in [0.1, 0.15) is 11.1 Å². The molecule has 2 rings (SSSR count). The minimum Gasteiger partial charge on any atom is -0.311 e. The fourth-order valence-corrected chi connectivity index (χ4v) is 1.78. The lowest BCUT2D eigenvalue weighted by atomic mass is 10.1. The van der Waals surface area contributed by atoms with Crippen LogP contribution in [0.25, 0.3) is 0 Å². The number of nitro groups is 1. The Morgan fingerprint density at radius 2 is 1.94 bits per heavy atom. The van der Waals surface area contributed by atoms with Gasteiger partial charge < -0.3 is 4.57 Å². The van der Waals surface area contributed by atoms with E-state index in [2.05, 4.69) is 0 Å². The maximum Gasteiger partial charge on any atom is 0.274 e. The van der Waals surface area contributed by atoms with Gasteiger partial charge in [-0.05, 0) is 12.5 Å². The largest absolute Gasteiger partial charge is 0.311 e. The molecule has 0 aliphatic carbocycles. The fourth-order valence-electron chi connectivity index (χ4n) is 1.78. The van der Waals surface area contributed by atoms with Crippen LogP contribution in [0.4, 0.5) is 5.69 Å². The summed E-state index contributed by atoms with van der Waals surface area (Å²) in [6.07, 6.45) is 1.69. The van der Waals surface area contributed by atoms with Crippen LogP contribution in [0.5, 0.6) is 0 Å². The standard InChI is InChI=1S/C13H12N2O3/c1-10-6-7-13(16)14(8-10)9-11-4-2-3-5-12(11)15(17)18/h2-8H,9H2,1H3. The molecule has 0 atom stereocenters. The van der Waals surface area contributed by atoms with Crippen LogP contribution in [0.15, 0.2) is 47.4 Å². The molecule has 0 saturated heterocycles. The lowest BCUT2D eigenvalue weighted by molar-refractivity contribution is -0.385. The van der Waals surface area contributed by atoms with Gasteiger partial charge in [-0.3, -0.25) is 14.9 Å². The van der Waals surface area contributed by atoms with E-state index in [0.29, 0.717) is 5.56 Å². The van der Waals surface area contributed by atoms with E-state index in [4.69, 9.17) is 0 Å². The van der Waals surface area contributed by atoms with Crippen molar-refractivity contribution in [3.63, 3.8) is 0 Å². The van der Waals surface area contributed by atoms with Gasteiger partial charge in [0.25, 0.3) is 11.2 Å². The second kappa shape index (κ2) is 4.83. The first kappa shape index (κ1) is 12.0. The van der Waals surface area contributed by atoms with Gasteiger partial charge in [0.1, 0.15) is 0 Å². The Balaban J connectivity index is 2.43. The lowest BCUT2D eigenvalue weighted by Gasteiger charge is -2.07. The number of nitrogens with zero attached hydrogens (tertiary/aromatic N) is 2. The Hall–Kier alpha value is -2.43. The highest BCUT2D eigenvalue weighted by atomic mass is 16.6. The summed E-state index contributed by atoms with van der Waals surface area (Å²) < 4.78 is 1.47. The van der Waals surface area contributed by atoms with Crippen molar-refractivity contribution in [3.8, 4) is 0 Å². The second-order valence-electron chi connectivity index (χ2n) is 4.06. The van der Waals surface area contributed by atoms with Gasteiger partial charge in [0.2, 0.25) is 0 Å².